The maximum absolute atomic E-state index is 13.6. The van der Waals surface area contributed by atoms with Gasteiger partial charge in [0.2, 0.25) is 0 Å². The third kappa shape index (κ3) is 5.39. The summed E-state index contributed by atoms with van der Waals surface area (Å²) in [7, 11) is 0. The van der Waals surface area contributed by atoms with E-state index in [4.69, 9.17) is 4.74 Å². The monoisotopic (exact) mass is 389 g/mol. The molecule has 2 aromatic rings. The predicted octanol–water partition coefficient (Wildman–Crippen LogP) is 2.97. The first kappa shape index (κ1) is 20.0. The Hall–Kier alpha value is -2.74. The van der Waals surface area contributed by atoms with Crippen molar-refractivity contribution in [2.24, 2.45) is 0 Å². The van der Waals surface area contributed by atoms with Gasteiger partial charge in [-0.2, -0.15) is 0 Å². The van der Waals surface area contributed by atoms with Crippen LogP contribution in [0.5, 0.6) is 0 Å². The molecule has 0 atom stereocenters. The van der Waals surface area contributed by atoms with Crippen LogP contribution in [0.4, 0.5) is 20.8 Å². The summed E-state index contributed by atoms with van der Waals surface area (Å²) in [6.07, 6.45) is 2.66. The fourth-order valence-electron chi connectivity index (χ4n) is 2.90. The molecule has 150 valence electrons. The molecule has 0 aliphatic carbocycles. The smallest absolute Gasteiger partial charge is 0.416 e. The fourth-order valence-corrected chi connectivity index (χ4v) is 2.90. The molecule has 1 aliphatic rings. The zero-order valence-electron chi connectivity index (χ0n) is 16.5. The molecule has 28 heavy (non-hydrogen) atoms. The Kier molecular flexibility index (Phi) is 6.08. The van der Waals surface area contributed by atoms with Crippen LogP contribution >= 0.6 is 0 Å². The number of aromatic nitrogens is 2. The largest absolute Gasteiger partial charge is 0.443 e. The van der Waals surface area contributed by atoms with E-state index in [-0.39, 0.29) is 12.4 Å². The van der Waals surface area contributed by atoms with Gasteiger partial charge in [-0.05, 0) is 38.5 Å². The van der Waals surface area contributed by atoms with E-state index in [1.165, 1.54) is 23.2 Å². The Morgan fingerprint density at radius 2 is 2.04 bits per heavy atom. The number of piperazine rings is 1. The topological polar surface area (TPSA) is 70.6 Å². The molecule has 1 fully saturated rings. The molecule has 7 nitrogen and oxygen atoms in total. The maximum atomic E-state index is 13.6. The summed E-state index contributed by atoms with van der Waals surface area (Å²) >= 11 is 0. The van der Waals surface area contributed by atoms with Crippen LogP contribution in [0.2, 0.25) is 0 Å². The molecule has 0 saturated carbocycles. The van der Waals surface area contributed by atoms with Crippen molar-refractivity contribution >= 4 is 17.7 Å². The van der Waals surface area contributed by atoms with Crippen LogP contribution in [-0.4, -0.2) is 47.8 Å². The Bertz CT molecular complexity index is 818. The quantitative estimate of drug-likeness (QED) is 0.867. The zero-order chi connectivity index (χ0) is 20.1. The minimum Gasteiger partial charge on any atom is -0.443 e. The summed E-state index contributed by atoms with van der Waals surface area (Å²) < 4.78 is 19.2. The standard InChI is InChI=1S/C20H26FN5O2/c1-20(2,3)28-19(27)26(14-15-5-4-6-16(21)11-15)18-13-23-12-17(24-18)25-9-7-22-8-10-25/h4-6,11-13,22H,7-10,14H2,1-3H3/i19+2. The first-order valence-corrected chi connectivity index (χ1v) is 9.34. The summed E-state index contributed by atoms with van der Waals surface area (Å²) in [6, 6.07) is 6.13. The summed E-state index contributed by atoms with van der Waals surface area (Å²) in [5, 5.41) is 3.29. The van der Waals surface area contributed by atoms with E-state index < -0.39 is 11.7 Å². The van der Waals surface area contributed by atoms with Crippen molar-refractivity contribution in [1.82, 2.24) is 15.3 Å². The molecule has 1 aromatic carbocycles. The number of carbonyl (C=O) groups excluding carboxylic acids is 1. The number of nitrogens with zero attached hydrogens (tertiary/aromatic N) is 4. The fraction of sp³-hybridized carbons (Fsp3) is 0.450. The highest BCUT2D eigenvalue weighted by atomic mass is 19.1. The number of hydrogen-bond donors (Lipinski definition) is 1. The van der Waals surface area contributed by atoms with Gasteiger partial charge in [-0.1, -0.05) is 12.1 Å². The molecular weight excluding hydrogens is 363 g/mol. The predicted molar refractivity (Wildman–Crippen MR) is 106 cm³/mol. The second kappa shape index (κ2) is 8.52. The third-order valence-electron chi connectivity index (χ3n) is 4.17. The highest BCUT2D eigenvalue weighted by molar-refractivity contribution is 5.86. The number of amides is 1. The van der Waals surface area contributed by atoms with Gasteiger partial charge >= 0.3 is 6.09 Å². The minimum absolute atomic E-state index is 0.131. The summed E-state index contributed by atoms with van der Waals surface area (Å²) in [5.41, 5.74) is -0.0267. The molecule has 1 amide bonds. The van der Waals surface area contributed by atoms with Crippen LogP contribution in [0.15, 0.2) is 36.7 Å². The maximum Gasteiger partial charge on any atom is 0.416 e. The van der Waals surface area contributed by atoms with E-state index in [9.17, 15) is 9.18 Å². The lowest BCUT2D eigenvalue weighted by Crippen LogP contribution is -2.44. The number of carbonyl (C=O) groups is 1. The Labute approximate surface area is 164 Å². The van der Waals surface area contributed by atoms with Crippen molar-refractivity contribution in [3.8, 4) is 0 Å². The zero-order valence-corrected chi connectivity index (χ0v) is 16.5. The average molecular weight is 389 g/mol. The van der Waals surface area contributed by atoms with E-state index in [2.05, 4.69) is 20.2 Å². The van der Waals surface area contributed by atoms with E-state index in [1.807, 2.05) is 0 Å². The molecule has 0 bridgehead atoms. The van der Waals surface area contributed by atoms with Gasteiger partial charge in [0.1, 0.15) is 17.2 Å². The van der Waals surface area contributed by atoms with Gasteiger partial charge in [-0.25, -0.2) is 14.2 Å². The third-order valence-corrected chi connectivity index (χ3v) is 4.17. The second-order valence-corrected chi connectivity index (χ2v) is 7.67. The SMILES string of the molecule is CC(C)(C)O[14C](=O)N(Cc1cccc(F)c1)c1cncc(N2CCNCC2)n1. The first-order valence-electron chi connectivity index (χ1n) is 9.34. The van der Waals surface area contributed by atoms with Crippen molar-refractivity contribution in [3.63, 3.8) is 0 Å². The van der Waals surface area contributed by atoms with E-state index in [1.54, 1.807) is 39.1 Å². The van der Waals surface area contributed by atoms with Gasteiger partial charge in [-0.3, -0.25) is 9.88 Å². The molecule has 8 heteroatoms. The van der Waals surface area contributed by atoms with Crippen LogP contribution in [0.25, 0.3) is 0 Å². The molecule has 1 aromatic heterocycles. The molecule has 0 unspecified atom stereocenters. The molecule has 3 rings (SSSR count). The Balaban J connectivity index is 1.90. The average Bonchev–Trinajstić information content (AvgIpc) is 2.65. The highest BCUT2D eigenvalue weighted by Crippen LogP contribution is 2.21. The van der Waals surface area contributed by atoms with Gasteiger partial charge in [0, 0.05) is 26.2 Å². The van der Waals surface area contributed by atoms with Gasteiger partial charge < -0.3 is 15.0 Å². The molecule has 1 saturated heterocycles. The van der Waals surface area contributed by atoms with Crippen molar-refractivity contribution in [1.29, 1.82) is 0 Å². The molecule has 1 aliphatic heterocycles. The summed E-state index contributed by atoms with van der Waals surface area (Å²) in [5.74, 6) is 0.712. The lowest BCUT2D eigenvalue weighted by molar-refractivity contribution is 0.0576. The lowest BCUT2D eigenvalue weighted by Gasteiger charge is -2.30. The summed E-state index contributed by atoms with van der Waals surface area (Å²) in [4.78, 5) is 25.3. The van der Waals surface area contributed by atoms with Crippen molar-refractivity contribution in [3.05, 3.63) is 48.0 Å². The van der Waals surface area contributed by atoms with E-state index >= 15 is 0 Å². The van der Waals surface area contributed by atoms with Crippen molar-refractivity contribution in [2.75, 3.05) is 36.0 Å². The lowest BCUT2D eigenvalue weighted by atomic mass is 10.2. The molecule has 0 radical (unpaired) electrons. The summed E-state index contributed by atoms with van der Waals surface area (Å²) in [6.45, 7) is 8.89. The van der Waals surface area contributed by atoms with Gasteiger partial charge in [-0.15, -0.1) is 0 Å². The molecule has 0 spiro atoms. The number of ether oxygens (including phenoxy) is 1. The number of rotatable bonds is 4. The highest BCUT2D eigenvalue weighted by Gasteiger charge is 2.26. The molecule has 1 N–H and O–H groups in total. The van der Waals surface area contributed by atoms with Crippen molar-refractivity contribution in [2.45, 2.75) is 32.9 Å². The van der Waals surface area contributed by atoms with Crippen LogP contribution in [0.1, 0.15) is 26.3 Å². The number of hydrogen-bond acceptors (Lipinski definition) is 6. The normalized spacial score (nSPS) is 14.6. The van der Waals surface area contributed by atoms with Crippen molar-refractivity contribution < 1.29 is 13.9 Å². The van der Waals surface area contributed by atoms with Crippen LogP contribution < -0.4 is 15.1 Å². The second-order valence-electron chi connectivity index (χ2n) is 7.67. The molecular formula is C20H26FN5O2. The van der Waals surface area contributed by atoms with Gasteiger partial charge in [0.25, 0.3) is 0 Å². The number of anilines is 2. The number of benzene rings is 1. The minimum atomic E-state index is -0.666. The first-order chi connectivity index (χ1) is 13.3. The Morgan fingerprint density at radius 3 is 2.71 bits per heavy atom. The van der Waals surface area contributed by atoms with Crippen LogP contribution in [0, 0.1) is 5.82 Å². The Morgan fingerprint density at radius 1 is 1.29 bits per heavy atom. The van der Waals surface area contributed by atoms with E-state index in [0.717, 1.165) is 26.2 Å². The molecule has 2 heterocycles. The van der Waals surface area contributed by atoms with Gasteiger partial charge in [0.15, 0.2) is 5.82 Å². The van der Waals surface area contributed by atoms with E-state index in [0.29, 0.717) is 17.2 Å². The number of nitrogens with one attached hydrogen (secondary N) is 1. The van der Waals surface area contributed by atoms with Crippen LogP contribution in [-0.2, 0) is 11.3 Å². The number of halogens is 1. The van der Waals surface area contributed by atoms with Crippen LogP contribution in [0.3, 0.4) is 0 Å². The van der Waals surface area contributed by atoms with Gasteiger partial charge in [0.05, 0.1) is 18.9 Å².